The van der Waals surface area contributed by atoms with Gasteiger partial charge in [0.1, 0.15) is 0 Å². The van der Waals surface area contributed by atoms with Crippen LogP contribution in [0.1, 0.15) is 36.0 Å². The van der Waals surface area contributed by atoms with Gasteiger partial charge >= 0.3 is 0 Å². The Balaban J connectivity index is 1.48. The summed E-state index contributed by atoms with van der Waals surface area (Å²) in [5.74, 6) is 0.287. The number of amides is 1. The molecule has 2 heterocycles. The van der Waals surface area contributed by atoms with E-state index in [0.717, 1.165) is 32.5 Å². The van der Waals surface area contributed by atoms with Gasteiger partial charge in [0, 0.05) is 37.9 Å². The van der Waals surface area contributed by atoms with Crippen LogP contribution in [0, 0.1) is 6.92 Å². The molecule has 1 aromatic carbocycles. The first kappa shape index (κ1) is 16.7. The second-order valence-corrected chi connectivity index (χ2v) is 6.52. The van der Waals surface area contributed by atoms with Gasteiger partial charge in [-0.25, -0.2) is 0 Å². The molecule has 1 aliphatic rings. The van der Waals surface area contributed by atoms with Crippen molar-refractivity contribution in [1.82, 2.24) is 15.2 Å². The van der Waals surface area contributed by atoms with Crippen molar-refractivity contribution in [3.05, 3.63) is 65.5 Å². The van der Waals surface area contributed by atoms with Crippen molar-refractivity contribution in [3.63, 3.8) is 0 Å². The fourth-order valence-electron chi connectivity index (χ4n) is 3.20. The topological polar surface area (TPSA) is 45.2 Å². The summed E-state index contributed by atoms with van der Waals surface area (Å²) >= 11 is 0. The van der Waals surface area contributed by atoms with Crippen LogP contribution in [0.2, 0.25) is 0 Å². The molecule has 0 bridgehead atoms. The van der Waals surface area contributed by atoms with Crippen molar-refractivity contribution in [2.75, 3.05) is 6.54 Å². The Kier molecular flexibility index (Phi) is 5.59. The molecule has 1 atom stereocenters. The standard InChI is InChI=1S/C20H25N3O/c1-16-2-4-18(5-3-16)15-23-19(6-7-20(23)24)10-13-22-14-17-8-11-21-12-9-17/h2-5,8-9,11-12,19,22H,6-7,10,13-15H2,1H3/t19-/m1/s1. The van der Waals surface area contributed by atoms with Crippen LogP contribution >= 0.6 is 0 Å². The van der Waals surface area contributed by atoms with Crippen LogP contribution in [-0.2, 0) is 17.9 Å². The largest absolute Gasteiger partial charge is 0.335 e. The van der Waals surface area contributed by atoms with Crippen molar-refractivity contribution >= 4 is 5.91 Å². The molecule has 24 heavy (non-hydrogen) atoms. The number of benzene rings is 1. The quantitative estimate of drug-likeness (QED) is 0.797. The highest BCUT2D eigenvalue weighted by Crippen LogP contribution is 2.23. The molecule has 3 rings (SSSR count). The number of carbonyl (C=O) groups excluding carboxylic acids is 1. The molecule has 126 valence electrons. The van der Waals surface area contributed by atoms with E-state index in [-0.39, 0.29) is 5.91 Å². The summed E-state index contributed by atoms with van der Waals surface area (Å²) in [4.78, 5) is 18.3. The molecule has 1 saturated heterocycles. The zero-order valence-corrected chi connectivity index (χ0v) is 14.2. The van der Waals surface area contributed by atoms with Gasteiger partial charge in [0.15, 0.2) is 0 Å². The third kappa shape index (κ3) is 4.42. The zero-order chi connectivity index (χ0) is 16.8. The Hall–Kier alpha value is -2.20. The van der Waals surface area contributed by atoms with Crippen LogP contribution in [0.25, 0.3) is 0 Å². The van der Waals surface area contributed by atoms with E-state index in [1.807, 2.05) is 24.5 Å². The summed E-state index contributed by atoms with van der Waals surface area (Å²) in [6.07, 6.45) is 6.29. The molecule has 1 aliphatic heterocycles. The highest BCUT2D eigenvalue weighted by Gasteiger charge is 2.30. The molecule has 4 nitrogen and oxygen atoms in total. The second kappa shape index (κ2) is 8.06. The van der Waals surface area contributed by atoms with Crippen LogP contribution in [0.4, 0.5) is 0 Å². The normalized spacial score (nSPS) is 17.5. The Morgan fingerprint density at radius 3 is 2.62 bits per heavy atom. The number of nitrogens with one attached hydrogen (secondary N) is 1. The van der Waals surface area contributed by atoms with E-state index in [1.165, 1.54) is 16.7 Å². The minimum Gasteiger partial charge on any atom is -0.335 e. The molecule has 1 N–H and O–H groups in total. The van der Waals surface area contributed by atoms with Gasteiger partial charge in [0.05, 0.1) is 0 Å². The number of rotatable bonds is 7. The average Bonchev–Trinajstić information content (AvgIpc) is 2.95. The number of likely N-dealkylation sites (tertiary alicyclic amines) is 1. The molecule has 0 saturated carbocycles. The highest BCUT2D eigenvalue weighted by atomic mass is 16.2. The third-order valence-electron chi connectivity index (χ3n) is 4.66. The number of pyridine rings is 1. The molecule has 1 amide bonds. The zero-order valence-electron chi connectivity index (χ0n) is 14.2. The van der Waals surface area contributed by atoms with E-state index in [1.54, 1.807) is 0 Å². The van der Waals surface area contributed by atoms with Crippen molar-refractivity contribution in [2.45, 2.75) is 45.3 Å². The Morgan fingerprint density at radius 1 is 1.12 bits per heavy atom. The highest BCUT2D eigenvalue weighted by molar-refractivity contribution is 5.78. The first-order chi connectivity index (χ1) is 11.7. The van der Waals surface area contributed by atoms with Gasteiger partial charge < -0.3 is 10.2 Å². The van der Waals surface area contributed by atoms with Gasteiger partial charge in [0.25, 0.3) is 0 Å². The van der Waals surface area contributed by atoms with E-state index in [0.29, 0.717) is 12.5 Å². The molecule has 4 heteroatoms. The molecule has 1 fully saturated rings. The van der Waals surface area contributed by atoms with Gasteiger partial charge in [-0.05, 0) is 49.6 Å². The lowest BCUT2D eigenvalue weighted by atomic mass is 10.1. The number of hydrogen-bond donors (Lipinski definition) is 1. The Morgan fingerprint density at radius 2 is 1.88 bits per heavy atom. The van der Waals surface area contributed by atoms with Crippen LogP contribution in [-0.4, -0.2) is 28.4 Å². The van der Waals surface area contributed by atoms with Gasteiger partial charge in [-0.3, -0.25) is 9.78 Å². The summed E-state index contributed by atoms with van der Waals surface area (Å²) < 4.78 is 0. The summed E-state index contributed by atoms with van der Waals surface area (Å²) in [5.41, 5.74) is 3.71. The van der Waals surface area contributed by atoms with Gasteiger partial charge in [-0.1, -0.05) is 29.8 Å². The molecule has 0 unspecified atom stereocenters. The fourth-order valence-corrected chi connectivity index (χ4v) is 3.20. The van der Waals surface area contributed by atoms with Crippen LogP contribution in [0.15, 0.2) is 48.8 Å². The molecule has 2 aromatic rings. The molecule has 0 aliphatic carbocycles. The molecular weight excluding hydrogens is 298 g/mol. The molecule has 0 radical (unpaired) electrons. The SMILES string of the molecule is Cc1ccc(CN2C(=O)CC[C@@H]2CCNCc2ccncc2)cc1. The monoisotopic (exact) mass is 323 g/mol. The van der Waals surface area contributed by atoms with Crippen molar-refractivity contribution in [3.8, 4) is 0 Å². The number of nitrogens with zero attached hydrogens (tertiary/aromatic N) is 2. The maximum atomic E-state index is 12.2. The molecule has 0 spiro atoms. The number of carbonyl (C=O) groups is 1. The summed E-state index contributed by atoms with van der Waals surface area (Å²) in [7, 11) is 0. The van der Waals surface area contributed by atoms with E-state index >= 15 is 0 Å². The minimum atomic E-state index is 0.287. The van der Waals surface area contributed by atoms with E-state index < -0.39 is 0 Å². The number of aromatic nitrogens is 1. The van der Waals surface area contributed by atoms with Crippen LogP contribution in [0.3, 0.4) is 0 Å². The van der Waals surface area contributed by atoms with Crippen molar-refractivity contribution in [2.24, 2.45) is 0 Å². The Bertz CT molecular complexity index is 654. The number of aryl methyl sites for hydroxylation is 1. The van der Waals surface area contributed by atoms with Gasteiger partial charge in [-0.2, -0.15) is 0 Å². The maximum Gasteiger partial charge on any atom is 0.223 e. The van der Waals surface area contributed by atoms with Gasteiger partial charge in [-0.15, -0.1) is 0 Å². The van der Waals surface area contributed by atoms with E-state index in [2.05, 4.69) is 46.4 Å². The maximum absolute atomic E-state index is 12.2. The van der Waals surface area contributed by atoms with Crippen molar-refractivity contribution < 1.29 is 4.79 Å². The summed E-state index contributed by atoms with van der Waals surface area (Å²) in [6, 6.07) is 12.9. The number of hydrogen-bond acceptors (Lipinski definition) is 3. The lowest BCUT2D eigenvalue weighted by molar-refractivity contribution is -0.129. The lowest BCUT2D eigenvalue weighted by Gasteiger charge is -2.25. The first-order valence-electron chi connectivity index (χ1n) is 8.67. The van der Waals surface area contributed by atoms with Crippen LogP contribution < -0.4 is 5.32 Å². The van der Waals surface area contributed by atoms with E-state index in [4.69, 9.17) is 0 Å². The molecule has 1 aromatic heterocycles. The van der Waals surface area contributed by atoms with Crippen LogP contribution in [0.5, 0.6) is 0 Å². The summed E-state index contributed by atoms with van der Waals surface area (Å²) in [5, 5.41) is 3.47. The third-order valence-corrected chi connectivity index (χ3v) is 4.66. The predicted molar refractivity (Wildman–Crippen MR) is 95.3 cm³/mol. The Labute approximate surface area is 143 Å². The minimum absolute atomic E-state index is 0.287. The first-order valence-corrected chi connectivity index (χ1v) is 8.67. The smallest absolute Gasteiger partial charge is 0.223 e. The lowest BCUT2D eigenvalue weighted by Crippen LogP contribution is -2.34. The van der Waals surface area contributed by atoms with Crippen molar-refractivity contribution in [1.29, 1.82) is 0 Å². The summed E-state index contributed by atoms with van der Waals surface area (Å²) in [6.45, 7) is 4.59. The fraction of sp³-hybridized carbons (Fsp3) is 0.400. The second-order valence-electron chi connectivity index (χ2n) is 6.52. The average molecular weight is 323 g/mol. The predicted octanol–water partition coefficient (Wildman–Crippen LogP) is 3.06. The molecular formula is C20H25N3O. The van der Waals surface area contributed by atoms with E-state index in [9.17, 15) is 4.79 Å². The van der Waals surface area contributed by atoms with Gasteiger partial charge in [0.2, 0.25) is 5.91 Å².